The highest BCUT2D eigenvalue weighted by Gasteiger charge is 2.28. The molecule has 0 spiro atoms. The maximum Gasteiger partial charge on any atom is 0.223 e. The molecular formula is C16H23BrFIN4O. The molecule has 0 unspecified atom stereocenters. The van der Waals surface area contributed by atoms with Gasteiger partial charge in [0.05, 0.1) is 6.54 Å². The lowest BCUT2D eigenvalue weighted by atomic mass is 10.2. The lowest BCUT2D eigenvalue weighted by Crippen LogP contribution is -2.41. The van der Waals surface area contributed by atoms with Gasteiger partial charge in [-0.1, -0.05) is 15.9 Å². The second kappa shape index (κ2) is 10.9. The fraction of sp³-hybridized carbons (Fsp3) is 0.500. The number of carbonyl (C=O) groups is 1. The number of rotatable bonds is 7. The molecule has 1 aliphatic carbocycles. The first kappa shape index (κ1) is 21.1. The Bertz CT molecular complexity index is 581. The van der Waals surface area contributed by atoms with E-state index in [1.807, 2.05) is 6.92 Å². The third kappa shape index (κ3) is 7.33. The van der Waals surface area contributed by atoms with Gasteiger partial charge in [0.1, 0.15) is 5.82 Å². The van der Waals surface area contributed by atoms with E-state index in [1.54, 1.807) is 12.1 Å². The number of halogens is 3. The fourth-order valence-electron chi connectivity index (χ4n) is 2.03. The summed E-state index contributed by atoms with van der Waals surface area (Å²) in [6.45, 7) is 4.04. The molecule has 2 rings (SSSR count). The molecule has 0 atom stereocenters. The Morgan fingerprint density at radius 2 is 2.00 bits per heavy atom. The van der Waals surface area contributed by atoms with Gasteiger partial charge in [0.15, 0.2) is 5.96 Å². The van der Waals surface area contributed by atoms with Crippen molar-refractivity contribution in [2.75, 3.05) is 19.6 Å². The summed E-state index contributed by atoms with van der Waals surface area (Å²) in [4.78, 5) is 15.9. The van der Waals surface area contributed by atoms with Crippen LogP contribution in [0.5, 0.6) is 0 Å². The second-order valence-corrected chi connectivity index (χ2v) is 6.34. The van der Waals surface area contributed by atoms with E-state index in [-0.39, 0.29) is 48.2 Å². The van der Waals surface area contributed by atoms with Gasteiger partial charge in [-0.3, -0.25) is 4.79 Å². The Balaban J connectivity index is 0.00000288. The molecule has 5 nitrogen and oxygen atoms in total. The van der Waals surface area contributed by atoms with Gasteiger partial charge in [0, 0.05) is 35.6 Å². The number of nitrogens with zero attached hydrogens (tertiary/aromatic N) is 1. The fourth-order valence-corrected chi connectivity index (χ4v) is 2.44. The summed E-state index contributed by atoms with van der Waals surface area (Å²) in [6.07, 6.45) is 2.00. The zero-order chi connectivity index (χ0) is 16.7. The van der Waals surface area contributed by atoms with E-state index in [1.165, 1.54) is 6.07 Å². The first-order valence-corrected chi connectivity index (χ1v) is 8.63. The third-order valence-corrected chi connectivity index (χ3v) is 3.92. The molecule has 1 aromatic rings. The summed E-state index contributed by atoms with van der Waals surface area (Å²) in [5.41, 5.74) is 0.526. The first-order valence-electron chi connectivity index (χ1n) is 7.84. The summed E-state index contributed by atoms with van der Waals surface area (Å²) in [5.74, 6) is 0.679. The molecule has 1 saturated carbocycles. The second-order valence-electron chi connectivity index (χ2n) is 5.42. The van der Waals surface area contributed by atoms with Crippen molar-refractivity contribution in [2.24, 2.45) is 10.9 Å². The summed E-state index contributed by atoms with van der Waals surface area (Å²) in [7, 11) is 0. The lowest BCUT2D eigenvalue weighted by Gasteiger charge is -2.12. The van der Waals surface area contributed by atoms with Crippen molar-refractivity contribution in [1.82, 2.24) is 16.0 Å². The molecule has 0 aromatic heterocycles. The monoisotopic (exact) mass is 512 g/mol. The quantitative estimate of drug-likeness (QED) is 0.228. The Morgan fingerprint density at radius 3 is 2.67 bits per heavy atom. The number of carbonyl (C=O) groups excluding carboxylic acids is 1. The molecule has 0 bridgehead atoms. The summed E-state index contributed by atoms with van der Waals surface area (Å²) in [5, 5.41) is 9.11. The van der Waals surface area contributed by atoms with Gasteiger partial charge in [-0.05, 0) is 38.0 Å². The van der Waals surface area contributed by atoms with Crippen molar-refractivity contribution >= 4 is 51.8 Å². The van der Waals surface area contributed by atoms with Crippen LogP contribution in [0.3, 0.4) is 0 Å². The number of hydrogen-bond acceptors (Lipinski definition) is 2. The first-order chi connectivity index (χ1) is 11.1. The Kier molecular flexibility index (Phi) is 9.57. The van der Waals surface area contributed by atoms with Crippen LogP contribution in [-0.2, 0) is 11.3 Å². The third-order valence-electron chi connectivity index (χ3n) is 3.42. The van der Waals surface area contributed by atoms with Crippen LogP contribution in [0.15, 0.2) is 27.7 Å². The topological polar surface area (TPSA) is 65.5 Å². The van der Waals surface area contributed by atoms with Crippen molar-refractivity contribution in [2.45, 2.75) is 26.3 Å². The highest BCUT2D eigenvalue weighted by atomic mass is 127. The molecule has 0 radical (unpaired) electrons. The van der Waals surface area contributed by atoms with Gasteiger partial charge in [-0.2, -0.15) is 0 Å². The Morgan fingerprint density at radius 1 is 1.29 bits per heavy atom. The molecule has 1 amide bonds. The van der Waals surface area contributed by atoms with Gasteiger partial charge in [0.2, 0.25) is 5.91 Å². The average molecular weight is 513 g/mol. The van der Waals surface area contributed by atoms with E-state index in [0.717, 1.165) is 17.3 Å². The molecule has 24 heavy (non-hydrogen) atoms. The van der Waals surface area contributed by atoms with E-state index < -0.39 is 0 Å². The number of nitrogens with one attached hydrogen (secondary N) is 3. The Hall–Kier alpha value is -0.900. The van der Waals surface area contributed by atoms with Crippen molar-refractivity contribution in [3.05, 3.63) is 34.1 Å². The van der Waals surface area contributed by atoms with Crippen LogP contribution >= 0.6 is 39.9 Å². The summed E-state index contributed by atoms with van der Waals surface area (Å²) in [6, 6.07) is 4.80. The van der Waals surface area contributed by atoms with Crippen LogP contribution in [0.25, 0.3) is 0 Å². The highest BCUT2D eigenvalue weighted by Crippen LogP contribution is 2.28. The molecule has 0 saturated heterocycles. The van der Waals surface area contributed by atoms with Crippen molar-refractivity contribution in [1.29, 1.82) is 0 Å². The van der Waals surface area contributed by atoms with Gasteiger partial charge in [-0.15, -0.1) is 24.0 Å². The van der Waals surface area contributed by atoms with E-state index in [2.05, 4.69) is 36.9 Å². The molecule has 0 heterocycles. The summed E-state index contributed by atoms with van der Waals surface area (Å²) >= 11 is 3.33. The average Bonchev–Trinajstić information content (AvgIpc) is 3.36. The van der Waals surface area contributed by atoms with E-state index in [0.29, 0.717) is 31.2 Å². The minimum Gasteiger partial charge on any atom is -0.357 e. The zero-order valence-corrected chi connectivity index (χ0v) is 17.5. The smallest absolute Gasteiger partial charge is 0.223 e. The molecule has 1 aliphatic rings. The van der Waals surface area contributed by atoms with Crippen LogP contribution in [0.1, 0.15) is 25.3 Å². The SMILES string of the molecule is CCNC(=NCc1cc(Br)ccc1F)NCCNC(=O)C1CC1.I. The number of hydrogen-bond donors (Lipinski definition) is 3. The molecule has 8 heteroatoms. The van der Waals surface area contributed by atoms with E-state index in [9.17, 15) is 9.18 Å². The van der Waals surface area contributed by atoms with Crippen molar-refractivity contribution < 1.29 is 9.18 Å². The highest BCUT2D eigenvalue weighted by molar-refractivity contribution is 14.0. The van der Waals surface area contributed by atoms with Crippen molar-refractivity contribution in [3.8, 4) is 0 Å². The maximum atomic E-state index is 13.7. The lowest BCUT2D eigenvalue weighted by molar-refractivity contribution is -0.122. The van der Waals surface area contributed by atoms with Crippen LogP contribution in [0.2, 0.25) is 0 Å². The number of guanidine groups is 1. The van der Waals surface area contributed by atoms with Gasteiger partial charge >= 0.3 is 0 Å². The predicted octanol–water partition coefficient (Wildman–Crippen LogP) is 2.79. The van der Waals surface area contributed by atoms with Crippen LogP contribution < -0.4 is 16.0 Å². The largest absolute Gasteiger partial charge is 0.357 e. The zero-order valence-electron chi connectivity index (χ0n) is 13.6. The number of aliphatic imine (C=N–C) groups is 1. The molecule has 1 fully saturated rings. The Labute approximate surface area is 167 Å². The minimum atomic E-state index is -0.274. The van der Waals surface area contributed by atoms with Crippen LogP contribution in [-0.4, -0.2) is 31.5 Å². The van der Waals surface area contributed by atoms with E-state index >= 15 is 0 Å². The van der Waals surface area contributed by atoms with E-state index in [4.69, 9.17) is 0 Å². The number of benzene rings is 1. The minimum absolute atomic E-state index is 0. The summed E-state index contributed by atoms with van der Waals surface area (Å²) < 4.78 is 14.5. The van der Waals surface area contributed by atoms with Gasteiger partial charge < -0.3 is 16.0 Å². The van der Waals surface area contributed by atoms with Gasteiger partial charge in [0.25, 0.3) is 0 Å². The van der Waals surface area contributed by atoms with Crippen LogP contribution in [0.4, 0.5) is 4.39 Å². The van der Waals surface area contributed by atoms with Crippen LogP contribution in [0, 0.1) is 11.7 Å². The normalized spacial score (nSPS) is 13.9. The standard InChI is InChI=1S/C16H22BrFN4O.HI/c1-2-19-16(21-8-7-20-15(23)11-3-4-11)22-10-12-9-13(17)5-6-14(12)18;/h5-6,9,11H,2-4,7-8,10H2,1H3,(H,20,23)(H2,19,21,22);1H. The van der Waals surface area contributed by atoms with Crippen molar-refractivity contribution in [3.63, 3.8) is 0 Å². The number of amides is 1. The predicted molar refractivity (Wildman–Crippen MR) is 108 cm³/mol. The molecule has 1 aromatic carbocycles. The molecule has 0 aliphatic heterocycles. The molecular weight excluding hydrogens is 490 g/mol. The maximum absolute atomic E-state index is 13.7. The van der Waals surface area contributed by atoms with Gasteiger partial charge in [-0.25, -0.2) is 9.38 Å². The molecule has 3 N–H and O–H groups in total. The molecule has 134 valence electrons.